The number of benzene rings is 2. The van der Waals surface area contributed by atoms with E-state index in [4.69, 9.17) is 34.8 Å². The lowest BCUT2D eigenvalue weighted by Gasteiger charge is -2.20. The Morgan fingerprint density at radius 3 is 2.55 bits per heavy atom. The third-order valence-corrected chi connectivity index (χ3v) is 4.50. The maximum Gasteiger partial charge on any atom is 0.0483 e. The second-order valence-corrected chi connectivity index (χ2v) is 5.98. The third kappa shape index (κ3) is 3.48. The zero-order chi connectivity index (χ0) is 14.7. The van der Waals surface area contributed by atoms with Crippen LogP contribution < -0.4 is 5.32 Å². The van der Waals surface area contributed by atoms with Gasteiger partial charge in [-0.1, -0.05) is 53.0 Å². The fourth-order valence-electron chi connectivity index (χ4n) is 2.23. The van der Waals surface area contributed by atoms with E-state index in [2.05, 4.69) is 5.32 Å². The zero-order valence-electron chi connectivity index (χ0n) is 11.4. The van der Waals surface area contributed by atoms with Crippen molar-refractivity contribution >= 4 is 34.8 Å². The molecule has 2 rings (SSSR count). The van der Waals surface area contributed by atoms with Crippen LogP contribution in [0.5, 0.6) is 0 Å². The molecule has 1 nitrogen and oxygen atoms in total. The highest BCUT2D eigenvalue weighted by molar-refractivity contribution is 6.33. The highest BCUT2D eigenvalue weighted by Gasteiger charge is 2.16. The molecule has 1 atom stereocenters. The molecule has 1 N–H and O–H groups in total. The van der Waals surface area contributed by atoms with E-state index in [-0.39, 0.29) is 6.04 Å². The number of hydrogen-bond donors (Lipinski definition) is 1. The van der Waals surface area contributed by atoms with Crippen molar-refractivity contribution in [2.45, 2.75) is 19.4 Å². The summed E-state index contributed by atoms with van der Waals surface area (Å²) in [6.45, 7) is 2.00. The first kappa shape index (κ1) is 15.7. The summed E-state index contributed by atoms with van der Waals surface area (Å²) in [6, 6.07) is 11.7. The maximum atomic E-state index is 6.40. The van der Waals surface area contributed by atoms with Gasteiger partial charge < -0.3 is 5.32 Å². The minimum Gasteiger partial charge on any atom is -0.313 e. The molecule has 0 saturated heterocycles. The Balaban J connectivity index is 2.34. The summed E-state index contributed by atoms with van der Waals surface area (Å²) in [6.07, 6.45) is 0.735. The van der Waals surface area contributed by atoms with Gasteiger partial charge in [-0.25, -0.2) is 0 Å². The predicted octanol–water partition coefficient (Wildman–Crippen LogP) is 5.46. The molecule has 106 valence electrons. The van der Waals surface area contributed by atoms with Crippen molar-refractivity contribution in [3.05, 3.63) is 68.2 Å². The van der Waals surface area contributed by atoms with Gasteiger partial charge in [0.15, 0.2) is 0 Å². The highest BCUT2D eigenvalue weighted by atomic mass is 35.5. The third-order valence-electron chi connectivity index (χ3n) is 3.38. The Bertz CT molecular complexity index is 611. The van der Waals surface area contributed by atoms with E-state index in [0.29, 0.717) is 5.02 Å². The van der Waals surface area contributed by atoms with Crippen molar-refractivity contribution in [3.8, 4) is 0 Å². The van der Waals surface area contributed by atoms with Crippen molar-refractivity contribution in [1.82, 2.24) is 5.32 Å². The van der Waals surface area contributed by atoms with Crippen LogP contribution in [0.1, 0.15) is 22.7 Å². The first-order chi connectivity index (χ1) is 9.52. The van der Waals surface area contributed by atoms with Crippen LogP contribution in [0.3, 0.4) is 0 Å². The smallest absolute Gasteiger partial charge is 0.0483 e. The monoisotopic (exact) mass is 327 g/mol. The SMILES string of the molecule is CNC(Cc1cc(Cl)ccc1Cl)c1cccc(C)c1Cl. The number of hydrogen-bond acceptors (Lipinski definition) is 1. The van der Waals surface area contributed by atoms with E-state index in [0.717, 1.165) is 33.2 Å². The van der Waals surface area contributed by atoms with E-state index in [1.165, 1.54) is 0 Å². The Kier molecular flexibility index (Phi) is 5.34. The van der Waals surface area contributed by atoms with E-state index in [9.17, 15) is 0 Å². The summed E-state index contributed by atoms with van der Waals surface area (Å²) in [7, 11) is 1.92. The normalized spacial score (nSPS) is 12.4. The van der Waals surface area contributed by atoms with Gasteiger partial charge in [-0.3, -0.25) is 0 Å². The minimum absolute atomic E-state index is 0.0957. The molecule has 0 amide bonds. The summed E-state index contributed by atoms with van der Waals surface area (Å²) in [5, 5.41) is 5.50. The second-order valence-electron chi connectivity index (χ2n) is 4.76. The van der Waals surface area contributed by atoms with Crippen LogP contribution in [0.4, 0.5) is 0 Å². The standard InChI is InChI=1S/C16H16Cl3N/c1-10-4-3-5-13(16(10)19)15(20-2)9-11-8-12(17)6-7-14(11)18/h3-8,15,20H,9H2,1-2H3. The topological polar surface area (TPSA) is 12.0 Å². The Morgan fingerprint density at radius 1 is 1.10 bits per heavy atom. The Morgan fingerprint density at radius 2 is 1.85 bits per heavy atom. The first-order valence-corrected chi connectivity index (χ1v) is 7.52. The van der Waals surface area contributed by atoms with Crippen molar-refractivity contribution in [1.29, 1.82) is 0 Å². The molecule has 2 aromatic rings. The molecule has 4 heteroatoms. The van der Waals surface area contributed by atoms with Gasteiger partial charge in [-0.05, 0) is 55.3 Å². The number of aryl methyl sites for hydroxylation is 1. The van der Waals surface area contributed by atoms with Crippen molar-refractivity contribution in [3.63, 3.8) is 0 Å². The number of nitrogens with one attached hydrogen (secondary N) is 1. The zero-order valence-corrected chi connectivity index (χ0v) is 13.7. The molecule has 1 unspecified atom stereocenters. The van der Waals surface area contributed by atoms with Crippen LogP contribution >= 0.6 is 34.8 Å². The van der Waals surface area contributed by atoms with Gasteiger partial charge in [0.2, 0.25) is 0 Å². The molecule has 0 radical (unpaired) electrons. The van der Waals surface area contributed by atoms with Crippen LogP contribution in [0.2, 0.25) is 15.1 Å². The van der Waals surface area contributed by atoms with Crippen LogP contribution in [-0.4, -0.2) is 7.05 Å². The number of halogens is 3. The first-order valence-electron chi connectivity index (χ1n) is 6.39. The Hall–Kier alpha value is -0.730. The minimum atomic E-state index is 0.0957. The number of rotatable bonds is 4. The van der Waals surface area contributed by atoms with Gasteiger partial charge in [0.25, 0.3) is 0 Å². The van der Waals surface area contributed by atoms with Crippen LogP contribution in [0, 0.1) is 6.92 Å². The molecule has 0 aliphatic heterocycles. The molecular formula is C16H16Cl3N. The molecule has 0 heterocycles. The fourth-order valence-corrected chi connectivity index (χ4v) is 2.87. The van der Waals surface area contributed by atoms with Gasteiger partial charge in [0.05, 0.1) is 0 Å². The van der Waals surface area contributed by atoms with E-state index >= 15 is 0 Å². The molecule has 0 saturated carbocycles. The molecular weight excluding hydrogens is 313 g/mol. The summed E-state index contributed by atoms with van der Waals surface area (Å²) in [4.78, 5) is 0. The largest absolute Gasteiger partial charge is 0.313 e. The van der Waals surface area contributed by atoms with Crippen molar-refractivity contribution < 1.29 is 0 Å². The summed E-state index contributed by atoms with van der Waals surface area (Å²) >= 11 is 18.7. The lowest BCUT2D eigenvalue weighted by molar-refractivity contribution is 0.592. The maximum absolute atomic E-state index is 6.40. The van der Waals surface area contributed by atoms with Crippen LogP contribution in [0.25, 0.3) is 0 Å². The quantitative estimate of drug-likeness (QED) is 0.786. The van der Waals surface area contributed by atoms with Crippen molar-refractivity contribution in [2.24, 2.45) is 0 Å². The van der Waals surface area contributed by atoms with E-state index < -0.39 is 0 Å². The summed E-state index contributed by atoms with van der Waals surface area (Å²) in [5.41, 5.74) is 3.16. The molecule has 0 aromatic heterocycles. The average Bonchev–Trinajstić information content (AvgIpc) is 2.43. The van der Waals surface area contributed by atoms with Crippen molar-refractivity contribution in [2.75, 3.05) is 7.05 Å². The van der Waals surface area contributed by atoms with Crippen LogP contribution in [0.15, 0.2) is 36.4 Å². The van der Waals surface area contributed by atoms with Gasteiger partial charge in [0, 0.05) is 21.1 Å². The summed E-state index contributed by atoms with van der Waals surface area (Å²) < 4.78 is 0. The average molecular weight is 329 g/mol. The lowest BCUT2D eigenvalue weighted by Crippen LogP contribution is -2.19. The summed E-state index contributed by atoms with van der Waals surface area (Å²) in [5.74, 6) is 0. The van der Waals surface area contributed by atoms with Gasteiger partial charge in [0.1, 0.15) is 0 Å². The fraction of sp³-hybridized carbons (Fsp3) is 0.250. The van der Waals surface area contributed by atoms with E-state index in [1.807, 2.05) is 44.3 Å². The molecule has 2 aromatic carbocycles. The second kappa shape index (κ2) is 6.82. The van der Waals surface area contributed by atoms with E-state index in [1.54, 1.807) is 6.07 Å². The molecule has 0 spiro atoms. The molecule has 0 aliphatic rings. The van der Waals surface area contributed by atoms with Gasteiger partial charge >= 0.3 is 0 Å². The van der Waals surface area contributed by atoms with Gasteiger partial charge in [-0.15, -0.1) is 0 Å². The predicted molar refractivity (Wildman–Crippen MR) is 88.2 cm³/mol. The number of likely N-dealkylation sites (N-methyl/N-ethyl adjacent to an activating group) is 1. The lowest BCUT2D eigenvalue weighted by atomic mass is 9.97. The van der Waals surface area contributed by atoms with Gasteiger partial charge in [-0.2, -0.15) is 0 Å². The highest BCUT2D eigenvalue weighted by Crippen LogP contribution is 2.30. The molecule has 0 aliphatic carbocycles. The Labute approximate surface area is 134 Å². The van der Waals surface area contributed by atoms with Crippen LogP contribution in [-0.2, 0) is 6.42 Å². The molecule has 20 heavy (non-hydrogen) atoms. The molecule has 0 fully saturated rings. The molecule has 0 bridgehead atoms.